The number of halogens is 1. The molecule has 74 heavy (non-hydrogen) atoms. The molecule has 0 N–H and O–H groups in total. The zero-order valence-electron chi connectivity index (χ0n) is 39.9. The molecule has 0 aliphatic heterocycles. The van der Waals surface area contributed by atoms with E-state index in [1.165, 1.54) is 6.07 Å². The van der Waals surface area contributed by atoms with Crippen LogP contribution in [-0.4, -0.2) is 15.0 Å². The fourth-order valence-corrected chi connectivity index (χ4v) is 9.70. The molecular formula is C69H43FIrN3. The van der Waals surface area contributed by atoms with E-state index in [1.807, 2.05) is 91.1 Å². The molecule has 0 radical (unpaired) electrons. The number of pyridine rings is 3. The summed E-state index contributed by atoms with van der Waals surface area (Å²) < 4.78 is 15.9. The Morgan fingerprint density at radius 2 is 0.662 bits per heavy atom. The van der Waals surface area contributed by atoms with Crippen LogP contribution in [-0.2, 0) is 20.1 Å². The molecule has 0 unspecified atom stereocenters. The van der Waals surface area contributed by atoms with Crippen LogP contribution in [0, 0.1) is 24.0 Å². The van der Waals surface area contributed by atoms with Gasteiger partial charge in [-0.1, -0.05) is 185 Å². The van der Waals surface area contributed by atoms with Crippen LogP contribution < -0.4 is 0 Å². The molecule has 0 aliphatic rings. The van der Waals surface area contributed by atoms with Gasteiger partial charge in [0.15, 0.2) is 0 Å². The first kappa shape index (κ1) is 47.3. The minimum Gasteiger partial charge on any atom is -0.305 e. The molecule has 3 aromatic heterocycles. The van der Waals surface area contributed by atoms with E-state index in [9.17, 15) is 0 Å². The molecular weight excluding hydrogens is 1080 g/mol. The fourth-order valence-electron chi connectivity index (χ4n) is 9.70. The van der Waals surface area contributed by atoms with Crippen molar-refractivity contribution in [3.8, 4) is 123 Å². The minimum atomic E-state index is -0.324. The molecule has 350 valence electrons. The number of nitrogens with zero attached hydrogens (tertiary/aromatic N) is 3. The Morgan fingerprint density at radius 3 is 1.19 bits per heavy atom. The summed E-state index contributed by atoms with van der Waals surface area (Å²) in [6.07, 6.45) is 5.40. The van der Waals surface area contributed by atoms with Gasteiger partial charge in [0.05, 0.1) is 0 Å². The van der Waals surface area contributed by atoms with Crippen molar-refractivity contribution in [2.24, 2.45) is 0 Å². The van der Waals surface area contributed by atoms with Crippen molar-refractivity contribution in [1.29, 1.82) is 0 Å². The fraction of sp³-hybridized carbons (Fsp3) is 0. The van der Waals surface area contributed by atoms with Crippen LogP contribution in [0.4, 0.5) is 4.39 Å². The maximum absolute atomic E-state index is 15.9. The van der Waals surface area contributed by atoms with E-state index in [4.69, 9.17) is 4.98 Å². The number of benzene rings is 9. The van der Waals surface area contributed by atoms with Crippen LogP contribution >= 0.6 is 0 Å². The Morgan fingerprint density at radius 1 is 0.257 bits per heavy atom. The Labute approximate surface area is 444 Å². The van der Waals surface area contributed by atoms with E-state index >= 15 is 4.39 Å². The summed E-state index contributed by atoms with van der Waals surface area (Å²) in [4.78, 5) is 13.8. The first-order valence-corrected chi connectivity index (χ1v) is 24.2. The van der Waals surface area contributed by atoms with E-state index in [2.05, 4.69) is 174 Å². The summed E-state index contributed by atoms with van der Waals surface area (Å²) in [6.45, 7) is 0. The summed E-state index contributed by atoms with van der Waals surface area (Å²) in [7, 11) is 0. The maximum atomic E-state index is 15.9. The molecule has 9 aromatic carbocycles. The summed E-state index contributed by atoms with van der Waals surface area (Å²) in [5.74, 6) is -0.324. The number of rotatable bonds is 11. The third-order valence-corrected chi connectivity index (χ3v) is 13.3. The van der Waals surface area contributed by atoms with Crippen molar-refractivity contribution in [2.45, 2.75) is 0 Å². The minimum absolute atomic E-state index is 0. The number of aromatic nitrogens is 3. The Hall–Kier alpha value is -8.99. The molecule has 0 fully saturated rings. The van der Waals surface area contributed by atoms with Gasteiger partial charge in [-0.25, -0.2) is 4.39 Å². The topological polar surface area (TPSA) is 38.7 Å². The molecule has 0 saturated carbocycles. The zero-order chi connectivity index (χ0) is 48.9. The Balaban J connectivity index is 0.00000588. The normalized spacial score (nSPS) is 10.9. The average molecular weight is 1130 g/mol. The third kappa shape index (κ3) is 9.83. The van der Waals surface area contributed by atoms with Crippen LogP contribution in [0.15, 0.2) is 261 Å². The molecule has 12 rings (SSSR count). The van der Waals surface area contributed by atoms with E-state index in [-0.39, 0.29) is 25.9 Å². The van der Waals surface area contributed by atoms with Gasteiger partial charge in [0.1, 0.15) is 5.82 Å². The van der Waals surface area contributed by atoms with Gasteiger partial charge in [0.25, 0.3) is 0 Å². The Kier molecular flexibility index (Phi) is 13.7. The van der Waals surface area contributed by atoms with Gasteiger partial charge in [0.2, 0.25) is 0 Å². The Bertz CT molecular complexity index is 3870. The second kappa shape index (κ2) is 21.4. The van der Waals surface area contributed by atoms with Crippen molar-refractivity contribution in [3.63, 3.8) is 0 Å². The van der Waals surface area contributed by atoms with Gasteiger partial charge >= 0.3 is 20.1 Å². The van der Waals surface area contributed by atoms with E-state index in [0.29, 0.717) is 0 Å². The molecule has 0 amide bonds. The number of hydrogen-bond donors (Lipinski definition) is 0. The van der Waals surface area contributed by atoms with Crippen molar-refractivity contribution in [3.05, 3.63) is 285 Å². The van der Waals surface area contributed by atoms with Crippen molar-refractivity contribution < 1.29 is 24.5 Å². The molecule has 0 bridgehead atoms. The van der Waals surface area contributed by atoms with Crippen LogP contribution in [0.3, 0.4) is 0 Å². The van der Waals surface area contributed by atoms with Crippen molar-refractivity contribution in [2.75, 3.05) is 0 Å². The summed E-state index contributed by atoms with van der Waals surface area (Å²) in [6, 6.07) is 92.9. The zero-order valence-corrected chi connectivity index (χ0v) is 42.3. The summed E-state index contributed by atoms with van der Waals surface area (Å²) in [5, 5.41) is 0. The van der Waals surface area contributed by atoms with Gasteiger partial charge in [-0.05, 0) is 116 Å². The van der Waals surface area contributed by atoms with Crippen LogP contribution in [0.1, 0.15) is 0 Å². The van der Waals surface area contributed by atoms with Gasteiger partial charge in [-0.15, -0.1) is 83.4 Å². The molecule has 5 heteroatoms. The summed E-state index contributed by atoms with van der Waals surface area (Å²) >= 11 is 0. The van der Waals surface area contributed by atoms with Crippen LogP contribution in [0.25, 0.3) is 123 Å². The van der Waals surface area contributed by atoms with Crippen LogP contribution in [0.5, 0.6) is 0 Å². The van der Waals surface area contributed by atoms with Gasteiger partial charge in [0, 0.05) is 18.6 Å². The van der Waals surface area contributed by atoms with Crippen LogP contribution in [0.2, 0.25) is 0 Å². The molecule has 0 atom stereocenters. The molecule has 12 aromatic rings. The first-order chi connectivity index (χ1) is 36.1. The molecule has 3 heterocycles. The average Bonchev–Trinajstić information content (AvgIpc) is 3.48. The number of hydrogen-bond acceptors (Lipinski definition) is 3. The largest absolute Gasteiger partial charge is 3.00 e. The van der Waals surface area contributed by atoms with Gasteiger partial charge in [-0.3, -0.25) is 0 Å². The monoisotopic (exact) mass is 1130 g/mol. The molecule has 3 nitrogen and oxygen atoms in total. The van der Waals surface area contributed by atoms with E-state index in [1.54, 1.807) is 18.5 Å². The predicted molar refractivity (Wildman–Crippen MR) is 296 cm³/mol. The molecule has 0 saturated heterocycles. The predicted octanol–water partition coefficient (Wildman–Crippen LogP) is 17.7. The molecule has 0 aliphatic carbocycles. The molecule has 0 spiro atoms. The van der Waals surface area contributed by atoms with Gasteiger partial charge in [-0.2, -0.15) is 0 Å². The first-order valence-electron chi connectivity index (χ1n) is 24.2. The SMILES string of the molecule is Fc1ccc(-c2c[c-]c(-c3ccccn3)cc2)c(-c2cc(-c3ccccc3-c3c[c-]c(-c4ccccn4)cc3)cc(-c3ccccc3-c3c[c-]c(-c4ccccn4)cc3-c3ccc(-c4ccccc4)cc3)c2)c1.[Ir+3]. The maximum Gasteiger partial charge on any atom is 3.00 e. The van der Waals surface area contributed by atoms with E-state index in [0.717, 1.165) is 123 Å². The van der Waals surface area contributed by atoms with Crippen molar-refractivity contribution >= 4 is 0 Å². The van der Waals surface area contributed by atoms with Crippen molar-refractivity contribution in [1.82, 2.24) is 15.0 Å². The van der Waals surface area contributed by atoms with E-state index < -0.39 is 0 Å². The quantitative estimate of drug-likeness (QED) is 0.121. The second-order valence-corrected chi connectivity index (χ2v) is 17.8. The smallest absolute Gasteiger partial charge is 0.305 e. The third-order valence-electron chi connectivity index (χ3n) is 13.3. The summed E-state index contributed by atoms with van der Waals surface area (Å²) in [5.41, 5.74) is 21.2. The second-order valence-electron chi connectivity index (χ2n) is 17.8. The van der Waals surface area contributed by atoms with Gasteiger partial charge < -0.3 is 15.0 Å². The standard InChI is InChI=1S/C69H43FN3.Ir/c70-58-36-38-62(50-29-33-53(34-30-50)68-21-9-12-40-72-68)66(46-58)57-43-55(60-17-5-4-16-59(60)49-27-31-52(32-28-49)67-20-8-11-39-71-67)42-56(44-57)61-18-6-7-19-63(61)64-37-35-54(69-22-10-13-41-73-69)45-65(64)51-25-23-48(24-26-51)47-14-2-1-3-15-47;/h1-31,33,36-46H;/q-3;+3.